The Kier molecular flexibility index (Phi) is 8.02. The van der Waals surface area contributed by atoms with Crippen molar-refractivity contribution in [3.63, 3.8) is 0 Å². The van der Waals surface area contributed by atoms with Gasteiger partial charge in [-0.2, -0.15) is 0 Å². The van der Waals surface area contributed by atoms with Crippen LogP contribution >= 0.6 is 11.8 Å². The predicted octanol–water partition coefficient (Wildman–Crippen LogP) is 3.16. The fourth-order valence-electron chi connectivity index (χ4n) is 2.30. The molecule has 0 saturated carbocycles. The second-order valence-corrected chi connectivity index (χ2v) is 6.29. The van der Waals surface area contributed by atoms with Gasteiger partial charge >= 0.3 is 0 Å². The summed E-state index contributed by atoms with van der Waals surface area (Å²) in [6.45, 7) is 7.77. The van der Waals surface area contributed by atoms with E-state index in [-0.39, 0.29) is 17.6 Å². The van der Waals surface area contributed by atoms with E-state index >= 15 is 0 Å². The van der Waals surface area contributed by atoms with E-state index in [0.717, 1.165) is 24.3 Å². The molecule has 0 radical (unpaired) electrons. The summed E-state index contributed by atoms with van der Waals surface area (Å²) in [7, 11) is 0. The van der Waals surface area contributed by atoms with Crippen LogP contribution in [0.1, 0.15) is 44.0 Å². The maximum absolute atomic E-state index is 12.8. The second kappa shape index (κ2) is 9.51. The lowest BCUT2D eigenvalue weighted by Crippen LogP contribution is -2.35. The van der Waals surface area contributed by atoms with Crippen molar-refractivity contribution in [3.05, 3.63) is 29.8 Å². The zero-order valence-corrected chi connectivity index (χ0v) is 14.5. The largest absolute Gasteiger partial charge is 0.369 e. The second-order valence-electron chi connectivity index (χ2n) is 5.28. The van der Waals surface area contributed by atoms with Crippen molar-refractivity contribution < 1.29 is 9.59 Å². The monoisotopic (exact) mass is 322 g/mol. The lowest BCUT2D eigenvalue weighted by molar-refractivity contribution is -0.115. The van der Waals surface area contributed by atoms with E-state index in [4.69, 9.17) is 5.73 Å². The third-order valence-electron chi connectivity index (χ3n) is 3.79. The molecule has 0 saturated heterocycles. The van der Waals surface area contributed by atoms with Gasteiger partial charge in [0.15, 0.2) is 0 Å². The molecule has 0 aromatic heterocycles. The summed E-state index contributed by atoms with van der Waals surface area (Å²) in [6, 6.07) is 7.41. The molecule has 122 valence electrons. The highest BCUT2D eigenvalue weighted by molar-refractivity contribution is 8.00. The standard InChI is InChI=1S/C17H26N2O2S/c1-4-13(5-2)11-19(6-3)17(21)14-9-7-8-10-15(14)22-12-16(18)20/h7-10,13H,4-6,11-12H2,1-3H3,(H2,18,20). The molecule has 1 aromatic carbocycles. The molecule has 5 heteroatoms. The molecule has 0 aliphatic heterocycles. The van der Waals surface area contributed by atoms with Crippen LogP contribution in [0.15, 0.2) is 29.2 Å². The van der Waals surface area contributed by atoms with E-state index in [1.54, 1.807) is 0 Å². The molecule has 1 rings (SSSR count). The van der Waals surface area contributed by atoms with Crippen LogP contribution in [0.25, 0.3) is 0 Å². The van der Waals surface area contributed by atoms with E-state index in [1.807, 2.05) is 36.1 Å². The molecule has 0 unspecified atom stereocenters. The molecule has 0 aliphatic rings. The van der Waals surface area contributed by atoms with Crippen molar-refractivity contribution in [1.82, 2.24) is 4.90 Å². The minimum atomic E-state index is -0.378. The van der Waals surface area contributed by atoms with Gasteiger partial charge in [-0.1, -0.05) is 38.8 Å². The van der Waals surface area contributed by atoms with E-state index in [2.05, 4.69) is 13.8 Å². The Bertz CT molecular complexity index is 501. The van der Waals surface area contributed by atoms with E-state index in [1.165, 1.54) is 11.8 Å². The van der Waals surface area contributed by atoms with Crippen LogP contribution in [0.5, 0.6) is 0 Å². The number of primary amides is 1. The van der Waals surface area contributed by atoms with Crippen LogP contribution in [0.4, 0.5) is 0 Å². The van der Waals surface area contributed by atoms with Crippen LogP contribution < -0.4 is 5.73 Å². The Morgan fingerprint density at radius 2 is 1.82 bits per heavy atom. The normalized spacial score (nSPS) is 10.7. The average molecular weight is 322 g/mol. The minimum Gasteiger partial charge on any atom is -0.369 e. The zero-order valence-electron chi connectivity index (χ0n) is 13.7. The van der Waals surface area contributed by atoms with E-state index in [9.17, 15) is 9.59 Å². The Balaban J connectivity index is 2.92. The lowest BCUT2D eigenvalue weighted by atomic mass is 10.0. The highest BCUT2D eigenvalue weighted by atomic mass is 32.2. The smallest absolute Gasteiger partial charge is 0.254 e. The van der Waals surface area contributed by atoms with Gasteiger partial charge in [-0.25, -0.2) is 0 Å². The quantitative estimate of drug-likeness (QED) is 0.710. The van der Waals surface area contributed by atoms with Gasteiger partial charge in [0.05, 0.1) is 11.3 Å². The molecule has 2 N–H and O–H groups in total. The zero-order chi connectivity index (χ0) is 16.5. The van der Waals surface area contributed by atoms with Crippen LogP contribution in [0, 0.1) is 5.92 Å². The van der Waals surface area contributed by atoms with Gasteiger partial charge in [-0.05, 0) is 25.0 Å². The highest BCUT2D eigenvalue weighted by Crippen LogP contribution is 2.24. The average Bonchev–Trinajstić information content (AvgIpc) is 2.54. The topological polar surface area (TPSA) is 63.4 Å². The summed E-state index contributed by atoms with van der Waals surface area (Å²) < 4.78 is 0. The summed E-state index contributed by atoms with van der Waals surface area (Å²) in [5, 5.41) is 0. The fourth-order valence-corrected chi connectivity index (χ4v) is 3.09. The van der Waals surface area contributed by atoms with Crippen molar-refractivity contribution in [3.8, 4) is 0 Å². The van der Waals surface area contributed by atoms with E-state index in [0.29, 0.717) is 18.0 Å². The third-order valence-corrected chi connectivity index (χ3v) is 4.89. The Labute approximate surface area is 137 Å². The Morgan fingerprint density at radius 1 is 1.18 bits per heavy atom. The van der Waals surface area contributed by atoms with Gasteiger partial charge in [-0.15, -0.1) is 11.8 Å². The van der Waals surface area contributed by atoms with Crippen LogP contribution in [0.3, 0.4) is 0 Å². The van der Waals surface area contributed by atoms with Crippen molar-refractivity contribution in [2.45, 2.75) is 38.5 Å². The molecule has 0 spiro atoms. The first-order valence-electron chi connectivity index (χ1n) is 7.82. The number of benzene rings is 1. The summed E-state index contributed by atoms with van der Waals surface area (Å²) in [5.74, 6) is 0.358. The molecule has 0 atom stereocenters. The SMILES string of the molecule is CCC(CC)CN(CC)C(=O)c1ccccc1SCC(N)=O. The summed E-state index contributed by atoms with van der Waals surface area (Å²) in [5.41, 5.74) is 5.85. The van der Waals surface area contributed by atoms with Gasteiger partial charge in [0.1, 0.15) is 0 Å². The van der Waals surface area contributed by atoms with Gasteiger partial charge in [0.25, 0.3) is 5.91 Å². The molecule has 2 amide bonds. The number of amides is 2. The third kappa shape index (κ3) is 5.37. The van der Waals surface area contributed by atoms with Gasteiger partial charge in [-0.3, -0.25) is 9.59 Å². The minimum absolute atomic E-state index is 0.0296. The summed E-state index contributed by atoms with van der Waals surface area (Å²) >= 11 is 1.32. The molecule has 22 heavy (non-hydrogen) atoms. The van der Waals surface area contributed by atoms with Crippen LogP contribution in [-0.4, -0.2) is 35.6 Å². The number of carbonyl (C=O) groups is 2. The van der Waals surface area contributed by atoms with Gasteiger partial charge in [0.2, 0.25) is 5.91 Å². The van der Waals surface area contributed by atoms with Crippen LogP contribution in [0.2, 0.25) is 0 Å². The molecular weight excluding hydrogens is 296 g/mol. The summed E-state index contributed by atoms with van der Waals surface area (Å²) in [4.78, 5) is 26.5. The van der Waals surface area contributed by atoms with Crippen molar-refractivity contribution in [2.75, 3.05) is 18.8 Å². The van der Waals surface area contributed by atoms with Gasteiger partial charge in [0, 0.05) is 18.0 Å². The van der Waals surface area contributed by atoms with Crippen molar-refractivity contribution >= 4 is 23.6 Å². The number of nitrogens with two attached hydrogens (primary N) is 1. The maximum Gasteiger partial charge on any atom is 0.254 e. The fraction of sp³-hybridized carbons (Fsp3) is 0.529. The number of rotatable bonds is 9. The van der Waals surface area contributed by atoms with E-state index < -0.39 is 0 Å². The molecule has 0 heterocycles. The first-order valence-corrected chi connectivity index (χ1v) is 8.81. The number of nitrogens with zero attached hydrogens (tertiary/aromatic N) is 1. The molecular formula is C17H26N2O2S. The van der Waals surface area contributed by atoms with Crippen molar-refractivity contribution in [1.29, 1.82) is 0 Å². The number of hydrogen-bond acceptors (Lipinski definition) is 3. The first-order chi connectivity index (χ1) is 10.5. The Hall–Kier alpha value is -1.49. The Morgan fingerprint density at radius 3 is 2.36 bits per heavy atom. The molecule has 0 bridgehead atoms. The predicted molar refractivity (Wildman–Crippen MR) is 92.0 cm³/mol. The molecule has 1 aromatic rings. The first kappa shape index (κ1) is 18.6. The highest BCUT2D eigenvalue weighted by Gasteiger charge is 2.20. The molecule has 0 fully saturated rings. The van der Waals surface area contributed by atoms with Crippen LogP contribution in [-0.2, 0) is 4.79 Å². The molecule has 4 nitrogen and oxygen atoms in total. The summed E-state index contributed by atoms with van der Waals surface area (Å²) in [6.07, 6.45) is 2.14. The molecule has 0 aliphatic carbocycles. The number of hydrogen-bond donors (Lipinski definition) is 1. The van der Waals surface area contributed by atoms with Crippen molar-refractivity contribution in [2.24, 2.45) is 11.7 Å². The maximum atomic E-state index is 12.8. The number of carbonyl (C=O) groups excluding carboxylic acids is 2. The number of thioether (sulfide) groups is 1. The lowest BCUT2D eigenvalue weighted by Gasteiger charge is -2.26. The van der Waals surface area contributed by atoms with Gasteiger partial charge < -0.3 is 10.6 Å².